The summed E-state index contributed by atoms with van der Waals surface area (Å²) in [5, 5.41) is 6.02. The molecule has 0 aromatic heterocycles. The maximum atomic E-state index is 12.3. The van der Waals surface area contributed by atoms with Crippen LogP contribution in [0.1, 0.15) is 22.7 Å². The predicted molar refractivity (Wildman–Crippen MR) is 106 cm³/mol. The van der Waals surface area contributed by atoms with Crippen molar-refractivity contribution in [3.63, 3.8) is 0 Å². The maximum Gasteiger partial charge on any atom is 0.315 e. The molecule has 5 nitrogen and oxygen atoms in total. The first-order valence-corrected chi connectivity index (χ1v) is 8.87. The summed E-state index contributed by atoms with van der Waals surface area (Å²) in [7, 11) is 5.67. The van der Waals surface area contributed by atoms with Gasteiger partial charge in [-0.2, -0.15) is 0 Å². The zero-order valence-corrected chi connectivity index (χ0v) is 16.1. The first-order chi connectivity index (χ1) is 12.5. The Hall–Kier alpha value is -2.53. The van der Waals surface area contributed by atoms with Crippen LogP contribution < -0.4 is 15.4 Å². The molecule has 2 amide bonds. The fourth-order valence-corrected chi connectivity index (χ4v) is 2.91. The van der Waals surface area contributed by atoms with Crippen molar-refractivity contribution in [2.75, 3.05) is 34.3 Å². The summed E-state index contributed by atoms with van der Waals surface area (Å²) >= 11 is 0. The molecule has 0 spiro atoms. The van der Waals surface area contributed by atoms with Crippen LogP contribution >= 0.6 is 0 Å². The number of rotatable bonds is 8. The Bertz CT molecular complexity index is 702. The molecule has 0 saturated heterocycles. The van der Waals surface area contributed by atoms with E-state index in [1.807, 2.05) is 56.6 Å². The highest BCUT2D eigenvalue weighted by molar-refractivity contribution is 5.74. The summed E-state index contributed by atoms with van der Waals surface area (Å²) < 4.78 is 5.39. The molecule has 0 bridgehead atoms. The highest BCUT2D eigenvalue weighted by atomic mass is 16.5. The number of amides is 2. The van der Waals surface area contributed by atoms with E-state index >= 15 is 0 Å². The number of benzene rings is 2. The Balaban J connectivity index is 1.91. The molecule has 140 valence electrons. The van der Waals surface area contributed by atoms with Crippen LogP contribution in [0.5, 0.6) is 5.75 Å². The molecule has 0 aliphatic heterocycles. The molecule has 0 saturated carbocycles. The number of urea groups is 1. The van der Waals surface area contributed by atoms with Crippen molar-refractivity contribution in [2.45, 2.75) is 19.4 Å². The average molecular weight is 355 g/mol. The molecule has 2 aromatic rings. The summed E-state index contributed by atoms with van der Waals surface area (Å²) in [4.78, 5) is 14.4. The summed E-state index contributed by atoms with van der Waals surface area (Å²) in [6, 6.07) is 15.9. The molecule has 1 atom stereocenters. The van der Waals surface area contributed by atoms with Crippen molar-refractivity contribution in [2.24, 2.45) is 0 Å². The van der Waals surface area contributed by atoms with Gasteiger partial charge in [0.1, 0.15) is 5.75 Å². The van der Waals surface area contributed by atoms with Gasteiger partial charge in [-0.1, -0.05) is 48.0 Å². The SMILES string of the molecule is COc1ccc(C)cc1CCNC(=O)NC(CN(C)C)c1ccccc1. The standard InChI is InChI=1S/C21H29N3O2/c1-16-10-11-20(26-4)18(14-16)12-13-22-21(25)23-19(15-24(2)3)17-8-6-5-7-9-17/h5-11,14,19H,12-13,15H2,1-4H3,(H2,22,23,25). The van der Waals surface area contributed by atoms with E-state index in [-0.39, 0.29) is 12.1 Å². The minimum atomic E-state index is -0.160. The second-order valence-corrected chi connectivity index (χ2v) is 6.69. The van der Waals surface area contributed by atoms with Gasteiger partial charge < -0.3 is 20.3 Å². The second-order valence-electron chi connectivity index (χ2n) is 6.69. The van der Waals surface area contributed by atoms with Crippen LogP contribution in [0.15, 0.2) is 48.5 Å². The quantitative estimate of drug-likeness (QED) is 0.765. The first-order valence-electron chi connectivity index (χ1n) is 8.87. The molecule has 2 aromatic carbocycles. The molecule has 2 rings (SSSR count). The molecule has 26 heavy (non-hydrogen) atoms. The number of nitrogens with one attached hydrogen (secondary N) is 2. The Morgan fingerprint density at radius 3 is 2.54 bits per heavy atom. The van der Waals surface area contributed by atoms with E-state index in [9.17, 15) is 4.79 Å². The van der Waals surface area contributed by atoms with Crippen LogP contribution in [0.25, 0.3) is 0 Å². The Morgan fingerprint density at radius 2 is 1.88 bits per heavy atom. The number of carbonyl (C=O) groups is 1. The zero-order chi connectivity index (χ0) is 18.9. The summed E-state index contributed by atoms with van der Waals surface area (Å²) in [5.74, 6) is 0.854. The van der Waals surface area contributed by atoms with Gasteiger partial charge in [0.05, 0.1) is 13.2 Å². The van der Waals surface area contributed by atoms with Gasteiger partial charge in [0.25, 0.3) is 0 Å². The molecular weight excluding hydrogens is 326 g/mol. The summed E-state index contributed by atoms with van der Waals surface area (Å²) in [6.45, 7) is 3.34. The number of nitrogens with zero attached hydrogens (tertiary/aromatic N) is 1. The number of hydrogen-bond acceptors (Lipinski definition) is 3. The monoisotopic (exact) mass is 355 g/mol. The lowest BCUT2D eigenvalue weighted by Crippen LogP contribution is -2.42. The van der Waals surface area contributed by atoms with Crippen molar-refractivity contribution < 1.29 is 9.53 Å². The molecular formula is C21H29N3O2. The number of likely N-dealkylation sites (N-methyl/N-ethyl adjacent to an activating group) is 1. The van der Waals surface area contributed by atoms with Crippen molar-refractivity contribution in [3.8, 4) is 5.75 Å². The minimum absolute atomic E-state index is 0.0558. The summed E-state index contributed by atoms with van der Waals surface area (Å²) in [5.41, 5.74) is 3.37. The number of hydrogen-bond donors (Lipinski definition) is 2. The van der Waals surface area contributed by atoms with E-state index in [0.29, 0.717) is 6.54 Å². The Labute approximate surface area is 156 Å². The van der Waals surface area contributed by atoms with Crippen LogP contribution in [0.3, 0.4) is 0 Å². The van der Waals surface area contributed by atoms with E-state index in [1.165, 1.54) is 5.56 Å². The van der Waals surface area contributed by atoms with E-state index in [1.54, 1.807) is 7.11 Å². The van der Waals surface area contributed by atoms with E-state index in [0.717, 1.165) is 29.8 Å². The van der Waals surface area contributed by atoms with Crippen LogP contribution in [-0.2, 0) is 6.42 Å². The lowest BCUT2D eigenvalue weighted by molar-refractivity contribution is 0.233. The number of aryl methyl sites for hydroxylation is 1. The van der Waals surface area contributed by atoms with Gasteiger partial charge in [-0.3, -0.25) is 0 Å². The van der Waals surface area contributed by atoms with Gasteiger partial charge in [0.2, 0.25) is 0 Å². The zero-order valence-electron chi connectivity index (χ0n) is 16.1. The molecule has 5 heteroatoms. The van der Waals surface area contributed by atoms with E-state index in [2.05, 4.69) is 28.5 Å². The van der Waals surface area contributed by atoms with Gasteiger partial charge in [-0.25, -0.2) is 4.79 Å². The molecule has 0 heterocycles. The molecule has 0 radical (unpaired) electrons. The predicted octanol–water partition coefficient (Wildman–Crippen LogP) is 3.15. The smallest absolute Gasteiger partial charge is 0.315 e. The Kier molecular flexibility index (Phi) is 7.48. The van der Waals surface area contributed by atoms with Crippen LogP contribution in [0.4, 0.5) is 4.79 Å². The van der Waals surface area contributed by atoms with Crippen molar-refractivity contribution in [3.05, 3.63) is 65.2 Å². The Morgan fingerprint density at radius 1 is 1.15 bits per heavy atom. The highest BCUT2D eigenvalue weighted by Crippen LogP contribution is 2.19. The molecule has 1 unspecified atom stereocenters. The molecule has 0 aliphatic rings. The minimum Gasteiger partial charge on any atom is -0.496 e. The third kappa shape index (κ3) is 6.08. The van der Waals surface area contributed by atoms with E-state index < -0.39 is 0 Å². The maximum absolute atomic E-state index is 12.3. The third-order valence-corrected chi connectivity index (χ3v) is 4.17. The molecule has 0 aliphatic carbocycles. The lowest BCUT2D eigenvalue weighted by Gasteiger charge is -2.23. The number of methoxy groups -OCH3 is 1. The number of carbonyl (C=O) groups excluding carboxylic acids is 1. The largest absolute Gasteiger partial charge is 0.496 e. The fourth-order valence-electron chi connectivity index (χ4n) is 2.91. The van der Waals surface area contributed by atoms with Gasteiger partial charge in [0, 0.05) is 13.1 Å². The molecule has 0 fully saturated rings. The summed E-state index contributed by atoms with van der Waals surface area (Å²) in [6.07, 6.45) is 0.724. The van der Waals surface area contributed by atoms with Crippen LogP contribution in [-0.4, -0.2) is 45.2 Å². The van der Waals surface area contributed by atoms with E-state index in [4.69, 9.17) is 4.74 Å². The number of ether oxygens (including phenoxy) is 1. The van der Waals surface area contributed by atoms with Crippen LogP contribution in [0.2, 0.25) is 0 Å². The molecule has 2 N–H and O–H groups in total. The van der Waals surface area contributed by atoms with Gasteiger partial charge >= 0.3 is 6.03 Å². The normalized spacial score (nSPS) is 11.9. The topological polar surface area (TPSA) is 53.6 Å². The highest BCUT2D eigenvalue weighted by Gasteiger charge is 2.15. The van der Waals surface area contributed by atoms with Crippen molar-refractivity contribution >= 4 is 6.03 Å². The first kappa shape index (κ1) is 19.8. The van der Waals surface area contributed by atoms with Crippen LogP contribution in [0, 0.1) is 6.92 Å². The van der Waals surface area contributed by atoms with Gasteiger partial charge in [-0.05, 0) is 44.6 Å². The average Bonchev–Trinajstić information content (AvgIpc) is 2.62. The third-order valence-electron chi connectivity index (χ3n) is 4.17. The van der Waals surface area contributed by atoms with Crippen molar-refractivity contribution in [1.82, 2.24) is 15.5 Å². The second kappa shape index (κ2) is 9.82. The van der Waals surface area contributed by atoms with Crippen molar-refractivity contribution in [1.29, 1.82) is 0 Å². The lowest BCUT2D eigenvalue weighted by atomic mass is 10.1. The fraction of sp³-hybridized carbons (Fsp3) is 0.381. The van der Waals surface area contributed by atoms with Gasteiger partial charge in [-0.15, -0.1) is 0 Å². The van der Waals surface area contributed by atoms with Gasteiger partial charge in [0.15, 0.2) is 0 Å².